The molecular formula is C20H22N4OS. The lowest BCUT2D eigenvalue weighted by Crippen LogP contribution is -2.28. The fourth-order valence-electron chi connectivity index (χ4n) is 2.48. The molecule has 134 valence electrons. The molecule has 0 aliphatic heterocycles. The SMILES string of the molecule is COc1ccc(N=C(Nc2ccc(C)c(C)c2)n2sc(C)cc2=N)cc1. The Morgan fingerprint density at radius 2 is 1.77 bits per heavy atom. The van der Waals surface area contributed by atoms with Crippen LogP contribution in [0.1, 0.15) is 16.0 Å². The molecule has 26 heavy (non-hydrogen) atoms. The summed E-state index contributed by atoms with van der Waals surface area (Å²) in [6.45, 7) is 6.16. The van der Waals surface area contributed by atoms with Crippen molar-refractivity contribution in [1.82, 2.24) is 3.96 Å². The first-order valence-electron chi connectivity index (χ1n) is 8.28. The van der Waals surface area contributed by atoms with Crippen LogP contribution < -0.4 is 15.5 Å². The molecule has 0 aliphatic rings. The molecule has 0 unspecified atom stereocenters. The maximum atomic E-state index is 8.23. The second kappa shape index (κ2) is 7.58. The zero-order chi connectivity index (χ0) is 18.7. The Bertz CT molecular complexity index is 999. The maximum absolute atomic E-state index is 8.23. The molecule has 1 heterocycles. The van der Waals surface area contributed by atoms with Crippen LogP contribution in [0.3, 0.4) is 0 Å². The van der Waals surface area contributed by atoms with Gasteiger partial charge in [0.1, 0.15) is 11.2 Å². The molecule has 0 atom stereocenters. The minimum atomic E-state index is 0.399. The monoisotopic (exact) mass is 366 g/mol. The van der Waals surface area contributed by atoms with Crippen molar-refractivity contribution in [2.45, 2.75) is 20.8 Å². The topological polar surface area (TPSA) is 62.4 Å². The van der Waals surface area contributed by atoms with Gasteiger partial charge in [-0.15, -0.1) is 0 Å². The molecule has 6 heteroatoms. The van der Waals surface area contributed by atoms with Gasteiger partial charge in [-0.05, 0) is 74.4 Å². The highest BCUT2D eigenvalue weighted by atomic mass is 32.1. The predicted octanol–water partition coefficient (Wildman–Crippen LogP) is 4.61. The van der Waals surface area contributed by atoms with Crippen LogP contribution in [0.2, 0.25) is 0 Å². The number of rotatable bonds is 3. The van der Waals surface area contributed by atoms with Gasteiger partial charge in [0.05, 0.1) is 12.8 Å². The number of methoxy groups -OCH3 is 1. The Balaban J connectivity index is 2.03. The summed E-state index contributed by atoms with van der Waals surface area (Å²) in [5.74, 6) is 1.38. The number of aliphatic imine (C=N–C) groups is 1. The van der Waals surface area contributed by atoms with Gasteiger partial charge in [0.2, 0.25) is 5.96 Å². The average molecular weight is 366 g/mol. The zero-order valence-corrected chi connectivity index (χ0v) is 16.1. The molecule has 0 saturated carbocycles. The van der Waals surface area contributed by atoms with Crippen LogP contribution in [0.15, 0.2) is 53.5 Å². The Morgan fingerprint density at radius 3 is 2.35 bits per heavy atom. The number of ether oxygens (including phenoxy) is 1. The van der Waals surface area contributed by atoms with Gasteiger partial charge >= 0.3 is 0 Å². The minimum absolute atomic E-state index is 0.399. The van der Waals surface area contributed by atoms with E-state index in [0.29, 0.717) is 11.4 Å². The van der Waals surface area contributed by atoms with E-state index >= 15 is 0 Å². The van der Waals surface area contributed by atoms with Gasteiger partial charge in [-0.2, -0.15) is 0 Å². The van der Waals surface area contributed by atoms with Crippen LogP contribution in [-0.4, -0.2) is 17.0 Å². The van der Waals surface area contributed by atoms with Crippen molar-refractivity contribution >= 4 is 28.9 Å². The van der Waals surface area contributed by atoms with Crippen LogP contribution in [0, 0.1) is 26.2 Å². The molecule has 0 saturated heterocycles. The van der Waals surface area contributed by atoms with Gasteiger partial charge in [0.15, 0.2) is 0 Å². The summed E-state index contributed by atoms with van der Waals surface area (Å²) in [5, 5.41) is 11.6. The molecule has 0 aliphatic carbocycles. The predicted molar refractivity (Wildman–Crippen MR) is 108 cm³/mol. The van der Waals surface area contributed by atoms with Crippen LogP contribution >= 0.6 is 11.5 Å². The Morgan fingerprint density at radius 1 is 1.04 bits per heavy atom. The summed E-state index contributed by atoms with van der Waals surface area (Å²) >= 11 is 1.49. The number of anilines is 1. The number of nitrogens with one attached hydrogen (secondary N) is 2. The summed E-state index contributed by atoms with van der Waals surface area (Å²) in [5.41, 5.74) is 4.58. The van der Waals surface area contributed by atoms with E-state index in [0.717, 1.165) is 22.0 Å². The Kier molecular flexibility index (Phi) is 5.23. The van der Waals surface area contributed by atoms with E-state index in [1.54, 1.807) is 11.1 Å². The maximum Gasteiger partial charge on any atom is 0.223 e. The standard InChI is InChI=1S/C20H22N4OS/c1-13-5-6-17(11-14(13)2)23-20(24-19(21)12-15(3)26-24)22-16-7-9-18(25-4)10-8-16/h5-12,21H,1-4H3,(H,22,23). The molecule has 0 amide bonds. The Labute approximate surface area is 157 Å². The van der Waals surface area contributed by atoms with E-state index in [4.69, 9.17) is 15.1 Å². The highest BCUT2D eigenvalue weighted by Crippen LogP contribution is 2.20. The lowest BCUT2D eigenvalue weighted by molar-refractivity contribution is 0.415. The summed E-state index contributed by atoms with van der Waals surface area (Å²) in [4.78, 5) is 5.78. The van der Waals surface area contributed by atoms with E-state index in [2.05, 4.69) is 31.3 Å². The normalized spacial score (nSPS) is 11.5. The van der Waals surface area contributed by atoms with Crippen LogP contribution in [0.4, 0.5) is 11.4 Å². The average Bonchev–Trinajstić information content (AvgIpc) is 2.96. The quantitative estimate of drug-likeness (QED) is 0.525. The number of aryl methyl sites for hydroxylation is 3. The zero-order valence-electron chi connectivity index (χ0n) is 15.3. The van der Waals surface area contributed by atoms with E-state index in [-0.39, 0.29) is 0 Å². The summed E-state index contributed by atoms with van der Waals surface area (Å²) < 4.78 is 6.99. The highest BCUT2D eigenvalue weighted by Gasteiger charge is 2.09. The van der Waals surface area contributed by atoms with E-state index in [1.165, 1.54) is 22.7 Å². The molecule has 2 aromatic carbocycles. The van der Waals surface area contributed by atoms with Gasteiger partial charge in [0, 0.05) is 10.6 Å². The van der Waals surface area contributed by atoms with Crippen LogP contribution in [0.5, 0.6) is 5.75 Å². The molecule has 0 fully saturated rings. The molecule has 0 spiro atoms. The van der Waals surface area contributed by atoms with Crippen molar-refractivity contribution in [1.29, 1.82) is 5.41 Å². The van der Waals surface area contributed by atoms with Gasteiger partial charge < -0.3 is 10.1 Å². The fourth-order valence-corrected chi connectivity index (χ4v) is 3.26. The summed E-state index contributed by atoms with van der Waals surface area (Å²) in [6, 6.07) is 15.6. The largest absolute Gasteiger partial charge is 0.497 e. The lowest BCUT2D eigenvalue weighted by atomic mass is 10.1. The molecule has 3 aromatic rings. The van der Waals surface area contributed by atoms with Crippen molar-refractivity contribution < 1.29 is 4.74 Å². The molecule has 5 nitrogen and oxygen atoms in total. The first-order valence-corrected chi connectivity index (χ1v) is 9.05. The van der Waals surface area contributed by atoms with Gasteiger partial charge in [0.25, 0.3) is 0 Å². The van der Waals surface area contributed by atoms with Crippen LogP contribution in [0.25, 0.3) is 0 Å². The lowest BCUT2D eigenvalue weighted by Gasteiger charge is -2.12. The smallest absolute Gasteiger partial charge is 0.223 e. The third kappa shape index (κ3) is 4.03. The van der Waals surface area contributed by atoms with Crippen molar-refractivity contribution in [3.8, 4) is 5.75 Å². The minimum Gasteiger partial charge on any atom is -0.497 e. The van der Waals surface area contributed by atoms with Crippen molar-refractivity contribution in [3.05, 3.63) is 70.0 Å². The number of hydrogen-bond donors (Lipinski definition) is 2. The number of nitrogens with zero attached hydrogens (tertiary/aromatic N) is 2. The fraction of sp³-hybridized carbons (Fsp3) is 0.200. The van der Waals surface area contributed by atoms with Crippen molar-refractivity contribution in [2.75, 3.05) is 12.4 Å². The molecule has 3 rings (SSSR count). The van der Waals surface area contributed by atoms with E-state index in [9.17, 15) is 0 Å². The first kappa shape index (κ1) is 17.9. The van der Waals surface area contributed by atoms with Crippen molar-refractivity contribution in [2.24, 2.45) is 4.99 Å². The third-order valence-corrected chi connectivity index (χ3v) is 5.01. The molecule has 1 aromatic heterocycles. The van der Waals surface area contributed by atoms with Gasteiger partial charge in [-0.25, -0.2) is 8.95 Å². The van der Waals surface area contributed by atoms with Gasteiger partial charge in [-0.3, -0.25) is 5.41 Å². The second-order valence-corrected chi connectivity index (χ2v) is 7.28. The Hall–Kier alpha value is -2.86. The number of hydrogen-bond acceptors (Lipinski definition) is 4. The number of benzene rings is 2. The second-order valence-electron chi connectivity index (χ2n) is 6.08. The van der Waals surface area contributed by atoms with Gasteiger partial charge in [-0.1, -0.05) is 17.6 Å². The molecular weight excluding hydrogens is 344 g/mol. The number of aromatic nitrogens is 1. The third-order valence-electron chi connectivity index (χ3n) is 4.06. The summed E-state index contributed by atoms with van der Waals surface area (Å²) in [6.07, 6.45) is 0. The molecule has 2 N–H and O–H groups in total. The first-order chi connectivity index (χ1) is 12.5. The summed E-state index contributed by atoms with van der Waals surface area (Å²) in [7, 11) is 1.64. The van der Waals surface area contributed by atoms with Crippen molar-refractivity contribution in [3.63, 3.8) is 0 Å². The van der Waals surface area contributed by atoms with E-state index in [1.807, 2.05) is 43.3 Å². The molecule has 0 radical (unpaired) electrons. The molecule has 0 bridgehead atoms. The highest BCUT2D eigenvalue weighted by molar-refractivity contribution is 7.07. The van der Waals surface area contributed by atoms with E-state index < -0.39 is 0 Å². The van der Waals surface area contributed by atoms with Crippen LogP contribution in [-0.2, 0) is 0 Å².